The molecule has 10 nitrogen and oxygen atoms in total. The molecule has 51 heavy (non-hydrogen) atoms. The molecule has 5 aromatic rings. The lowest BCUT2D eigenvalue weighted by atomic mass is 9.93. The largest absolute Gasteiger partial charge is 0.454 e. The Morgan fingerprint density at radius 3 is 2.27 bits per heavy atom. The molecule has 1 amide bonds. The zero-order valence-corrected chi connectivity index (χ0v) is 32.7. The van der Waals surface area contributed by atoms with Gasteiger partial charge in [-0.2, -0.15) is 0 Å². The second kappa shape index (κ2) is 14.6. The predicted molar refractivity (Wildman–Crippen MR) is 206 cm³/mol. The molecule has 1 fully saturated rings. The number of amides is 1. The van der Waals surface area contributed by atoms with Gasteiger partial charge in [0.2, 0.25) is 12.7 Å². The number of piperidine rings is 1. The van der Waals surface area contributed by atoms with Crippen LogP contribution in [-0.4, -0.2) is 64.6 Å². The number of imidazole rings is 1. The number of halogens is 1. The highest BCUT2D eigenvalue weighted by Crippen LogP contribution is 2.43. The summed E-state index contributed by atoms with van der Waals surface area (Å²) in [5.74, 6) is 2.27. The molecule has 1 atom stereocenters. The number of fused-ring (bicyclic) bond motifs is 2. The fourth-order valence-corrected chi connectivity index (χ4v) is 13.5. The van der Waals surface area contributed by atoms with Crippen LogP contribution < -0.4 is 25.6 Å². The van der Waals surface area contributed by atoms with Crippen molar-refractivity contribution >= 4 is 69.3 Å². The van der Waals surface area contributed by atoms with E-state index >= 15 is 0 Å². The van der Waals surface area contributed by atoms with E-state index in [0.29, 0.717) is 54.0 Å². The van der Waals surface area contributed by atoms with Gasteiger partial charge in [-0.1, -0.05) is 93.2 Å². The number of benzene rings is 3. The van der Waals surface area contributed by atoms with Crippen molar-refractivity contribution in [1.82, 2.24) is 24.4 Å². The molecular weight excluding hydrogens is 745 g/mol. The van der Waals surface area contributed by atoms with Gasteiger partial charge in [0, 0.05) is 29.0 Å². The Labute approximate surface area is 312 Å². The first-order valence-electron chi connectivity index (χ1n) is 17.4. The first-order chi connectivity index (χ1) is 24.5. The monoisotopic (exact) mass is 786 g/mol. The summed E-state index contributed by atoms with van der Waals surface area (Å²) in [5, 5.41) is 2.91. The van der Waals surface area contributed by atoms with Crippen LogP contribution in [0.2, 0.25) is 5.04 Å². The molecule has 0 aliphatic carbocycles. The first-order valence-corrected chi connectivity index (χ1v) is 20.9. The van der Waals surface area contributed by atoms with E-state index in [0.717, 1.165) is 33.8 Å². The highest BCUT2D eigenvalue weighted by atomic mass is 79.9. The van der Waals surface area contributed by atoms with Crippen LogP contribution in [0.15, 0.2) is 93.6 Å². The van der Waals surface area contributed by atoms with Crippen molar-refractivity contribution in [2.45, 2.75) is 74.7 Å². The Morgan fingerprint density at radius 2 is 1.65 bits per heavy atom. The first kappa shape index (κ1) is 35.5. The van der Waals surface area contributed by atoms with Gasteiger partial charge < -0.3 is 29.1 Å². The number of aromatic nitrogens is 4. The number of carbonyl (C=O) groups excluding carboxylic acids is 1. The highest BCUT2D eigenvalue weighted by Gasteiger charge is 2.52. The molecule has 2 N–H and O–H groups in total. The standard InChI is InChI=1S/C38H43BrN6O4SSi/c1-25(49-51(38(2,3)4,27-11-7-5-8-12-27)28-13-9-6-10-14-28)36(46)44-18-15-26(16-19-44)17-20-45-35-33(34(40)41-23-42-35)43-37(45)50-32-22-31-30(21-29(32)39)47-24-48-31/h5-14,21-23,25-26H,15-20,24H2,1-4H3,(H2,40,41,42)/t25-/m1/s1. The van der Waals surface area contributed by atoms with Crippen molar-refractivity contribution in [3.05, 3.63) is 83.6 Å². The summed E-state index contributed by atoms with van der Waals surface area (Å²) < 4.78 is 21.3. The molecule has 2 aliphatic heterocycles. The number of aryl methyl sites for hydroxylation is 1. The summed E-state index contributed by atoms with van der Waals surface area (Å²) in [4.78, 5) is 30.6. The third kappa shape index (κ3) is 7.00. The van der Waals surface area contributed by atoms with E-state index in [1.807, 2.05) is 36.1 Å². The normalized spacial score (nSPS) is 15.7. The minimum atomic E-state index is -2.86. The maximum absolute atomic E-state index is 14.1. The maximum Gasteiger partial charge on any atom is 0.262 e. The number of hydrogen-bond donors (Lipinski definition) is 1. The maximum atomic E-state index is 14.1. The topological polar surface area (TPSA) is 118 Å². The van der Waals surface area contributed by atoms with Gasteiger partial charge >= 0.3 is 0 Å². The fourth-order valence-electron chi connectivity index (χ4n) is 7.31. The van der Waals surface area contributed by atoms with Gasteiger partial charge in [-0.3, -0.25) is 4.79 Å². The molecule has 4 heterocycles. The third-order valence-corrected chi connectivity index (χ3v) is 17.0. The molecule has 0 spiro atoms. The summed E-state index contributed by atoms with van der Waals surface area (Å²) >= 11 is 5.20. The van der Waals surface area contributed by atoms with Crippen molar-refractivity contribution in [2.24, 2.45) is 5.92 Å². The molecule has 7 rings (SSSR count). The number of nitrogens with zero attached hydrogens (tertiary/aromatic N) is 5. The predicted octanol–water partition coefficient (Wildman–Crippen LogP) is 6.64. The minimum absolute atomic E-state index is 0.0576. The Bertz CT molecular complexity index is 1980. The van der Waals surface area contributed by atoms with E-state index in [-0.39, 0.29) is 17.7 Å². The number of anilines is 1. The van der Waals surface area contributed by atoms with Gasteiger partial charge in [-0.05, 0) is 75.6 Å². The number of nitrogens with two attached hydrogens (primary N) is 1. The molecule has 0 radical (unpaired) electrons. The molecule has 266 valence electrons. The average molecular weight is 788 g/mol. The number of hydrogen-bond acceptors (Lipinski definition) is 9. The SMILES string of the molecule is C[C@@H](O[Si](c1ccccc1)(c1ccccc1)C(C)(C)C)C(=O)N1CCC(CCn2c(Sc3cc4c(cc3Br)OCO4)nc3c(N)ncnc32)CC1. The van der Waals surface area contributed by atoms with Gasteiger partial charge in [-0.15, -0.1) is 0 Å². The molecule has 0 bridgehead atoms. The summed E-state index contributed by atoms with van der Waals surface area (Å²) in [6.45, 7) is 11.0. The third-order valence-electron chi connectivity index (χ3n) is 9.96. The Kier molecular flexibility index (Phi) is 10.2. The second-order valence-electron chi connectivity index (χ2n) is 14.2. The van der Waals surface area contributed by atoms with E-state index < -0.39 is 14.4 Å². The van der Waals surface area contributed by atoms with Gasteiger partial charge in [-0.25, -0.2) is 15.0 Å². The van der Waals surface area contributed by atoms with Crippen LogP contribution in [0.4, 0.5) is 5.82 Å². The van der Waals surface area contributed by atoms with Crippen LogP contribution in [0.3, 0.4) is 0 Å². The molecule has 0 saturated carbocycles. The van der Waals surface area contributed by atoms with Crippen LogP contribution in [-0.2, 0) is 15.8 Å². The van der Waals surface area contributed by atoms with Crippen LogP contribution in [0.5, 0.6) is 11.5 Å². The van der Waals surface area contributed by atoms with Crippen molar-refractivity contribution in [3.8, 4) is 11.5 Å². The Balaban J connectivity index is 1.04. The van der Waals surface area contributed by atoms with Crippen molar-refractivity contribution in [2.75, 3.05) is 25.6 Å². The summed E-state index contributed by atoms with van der Waals surface area (Å²) in [7, 11) is -2.86. The van der Waals surface area contributed by atoms with Crippen molar-refractivity contribution in [3.63, 3.8) is 0 Å². The molecule has 2 aliphatic rings. The summed E-state index contributed by atoms with van der Waals surface area (Å²) in [5.41, 5.74) is 7.54. The lowest BCUT2D eigenvalue weighted by molar-refractivity contribution is -0.139. The molecule has 0 unspecified atom stereocenters. The smallest absolute Gasteiger partial charge is 0.262 e. The highest BCUT2D eigenvalue weighted by molar-refractivity contribution is 9.10. The van der Waals surface area contributed by atoms with Gasteiger partial charge in [0.15, 0.2) is 33.6 Å². The average Bonchev–Trinajstić information content (AvgIpc) is 3.74. The Hall–Kier alpha value is -3.91. The van der Waals surface area contributed by atoms with Crippen LogP contribution in [0.25, 0.3) is 11.2 Å². The van der Waals surface area contributed by atoms with E-state index in [2.05, 4.69) is 99.8 Å². The molecule has 13 heteroatoms. The Morgan fingerprint density at radius 1 is 1.02 bits per heavy atom. The van der Waals surface area contributed by atoms with Gasteiger partial charge in [0.05, 0.1) is 0 Å². The second-order valence-corrected chi connectivity index (χ2v) is 20.3. The van der Waals surface area contributed by atoms with E-state index in [1.54, 1.807) is 0 Å². The minimum Gasteiger partial charge on any atom is -0.454 e. The number of ether oxygens (including phenoxy) is 2. The van der Waals surface area contributed by atoms with E-state index in [9.17, 15) is 4.79 Å². The number of carbonyl (C=O) groups is 1. The summed E-state index contributed by atoms with van der Waals surface area (Å²) in [6, 6.07) is 24.9. The van der Waals surface area contributed by atoms with Crippen LogP contribution in [0, 0.1) is 5.92 Å². The molecular formula is C38H43BrN6O4SSi. The van der Waals surface area contributed by atoms with Gasteiger partial charge in [0.25, 0.3) is 8.32 Å². The van der Waals surface area contributed by atoms with Crippen molar-refractivity contribution < 1.29 is 18.7 Å². The van der Waals surface area contributed by atoms with E-state index in [4.69, 9.17) is 24.6 Å². The number of likely N-dealkylation sites (tertiary alicyclic amines) is 1. The zero-order valence-electron chi connectivity index (χ0n) is 29.3. The zero-order chi connectivity index (χ0) is 35.8. The fraction of sp³-hybridized carbons (Fsp3) is 0.368. The number of nitrogen functional groups attached to an aromatic ring is 1. The molecule has 1 saturated heterocycles. The van der Waals surface area contributed by atoms with E-state index in [1.165, 1.54) is 28.5 Å². The lowest BCUT2D eigenvalue weighted by Gasteiger charge is -2.45. The van der Waals surface area contributed by atoms with Crippen molar-refractivity contribution in [1.29, 1.82) is 0 Å². The van der Waals surface area contributed by atoms with Crippen LogP contribution in [0.1, 0.15) is 47.0 Å². The van der Waals surface area contributed by atoms with Gasteiger partial charge in [0.1, 0.15) is 12.4 Å². The molecule has 2 aromatic heterocycles. The summed E-state index contributed by atoms with van der Waals surface area (Å²) in [6.07, 6.45) is 3.66. The molecule has 3 aromatic carbocycles. The van der Waals surface area contributed by atoms with Crippen LogP contribution >= 0.6 is 27.7 Å². The number of rotatable bonds is 10. The lowest BCUT2D eigenvalue weighted by Crippen LogP contribution is -2.68. The quantitative estimate of drug-likeness (QED) is 0.156.